The highest BCUT2D eigenvalue weighted by molar-refractivity contribution is 7.07. The van der Waals surface area contributed by atoms with Crippen LogP contribution in [0.1, 0.15) is 18.1 Å². The molecule has 0 fully saturated rings. The van der Waals surface area contributed by atoms with Gasteiger partial charge in [0, 0.05) is 18.2 Å². The van der Waals surface area contributed by atoms with Gasteiger partial charge in [-0.1, -0.05) is 12.1 Å². The van der Waals surface area contributed by atoms with Gasteiger partial charge in [-0.15, -0.1) is 0 Å². The lowest BCUT2D eigenvalue weighted by Gasteiger charge is -2.13. The van der Waals surface area contributed by atoms with E-state index >= 15 is 0 Å². The molecule has 1 atom stereocenters. The molecule has 0 amide bonds. The summed E-state index contributed by atoms with van der Waals surface area (Å²) in [4.78, 5) is 0. The van der Waals surface area contributed by atoms with Gasteiger partial charge in [0.15, 0.2) is 11.6 Å². The van der Waals surface area contributed by atoms with Crippen LogP contribution in [0.15, 0.2) is 35.0 Å². The third-order valence-corrected chi connectivity index (χ3v) is 3.53. The molecular weight excluding hydrogens is 252 g/mol. The Morgan fingerprint density at radius 3 is 2.83 bits per heavy atom. The van der Waals surface area contributed by atoms with E-state index in [4.69, 9.17) is 0 Å². The summed E-state index contributed by atoms with van der Waals surface area (Å²) in [6, 6.07) is 6.56. The summed E-state index contributed by atoms with van der Waals surface area (Å²) in [5.41, 5.74) is 1.63. The van der Waals surface area contributed by atoms with Gasteiger partial charge in [-0.3, -0.25) is 0 Å². The molecule has 1 N–H and O–H groups in total. The molecule has 18 heavy (non-hydrogen) atoms. The molecule has 4 heteroatoms. The second kappa shape index (κ2) is 6.07. The fourth-order valence-corrected chi connectivity index (χ4v) is 2.49. The SMILES string of the molecule is CC(Cc1ccsc1)NCc1cccc(F)c1F. The molecular formula is C14H15F2NS. The van der Waals surface area contributed by atoms with Gasteiger partial charge in [-0.2, -0.15) is 11.3 Å². The number of hydrogen-bond acceptors (Lipinski definition) is 2. The molecule has 0 aliphatic rings. The van der Waals surface area contributed by atoms with E-state index in [1.165, 1.54) is 11.6 Å². The van der Waals surface area contributed by atoms with Crippen LogP contribution in [0.25, 0.3) is 0 Å². The first-order chi connectivity index (χ1) is 8.66. The van der Waals surface area contributed by atoms with Crippen LogP contribution in [0.2, 0.25) is 0 Å². The molecule has 0 radical (unpaired) electrons. The molecule has 0 aliphatic carbocycles. The lowest BCUT2D eigenvalue weighted by molar-refractivity contribution is 0.480. The number of hydrogen-bond donors (Lipinski definition) is 1. The molecule has 1 aromatic carbocycles. The average molecular weight is 267 g/mol. The van der Waals surface area contributed by atoms with Gasteiger partial charge in [-0.25, -0.2) is 8.78 Å². The zero-order valence-corrected chi connectivity index (χ0v) is 10.9. The highest BCUT2D eigenvalue weighted by Gasteiger charge is 2.09. The Morgan fingerprint density at radius 1 is 1.28 bits per heavy atom. The lowest BCUT2D eigenvalue weighted by atomic mass is 10.1. The zero-order valence-electron chi connectivity index (χ0n) is 10.1. The van der Waals surface area contributed by atoms with Crippen LogP contribution >= 0.6 is 11.3 Å². The predicted molar refractivity (Wildman–Crippen MR) is 70.7 cm³/mol. The third-order valence-electron chi connectivity index (χ3n) is 2.79. The number of halogens is 2. The predicted octanol–water partition coefficient (Wildman–Crippen LogP) is 3.75. The van der Waals surface area contributed by atoms with E-state index in [2.05, 4.69) is 16.8 Å². The summed E-state index contributed by atoms with van der Waals surface area (Å²) in [5, 5.41) is 7.34. The Kier molecular flexibility index (Phi) is 4.44. The summed E-state index contributed by atoms with van der Waals surface area (Å²) in [7, 11) is 0. The fraction of sp³-hybridized carbons (Fsp3) is 0.286. The van der Waals surface area contributed by atoms with Crippen molar-refractivity contribution in [1.82, 2.24) is 5.32 Å². The molecule has 1 nitrogen and oxygen atoms in total. The van der Waals surface area contributed by atoms with Crippen molar-refractivity contribution < 1.29 is 8.78 Å². The minimum absolute atomic E-state index is 0.224. The first kappa shape index (κ1) is 13.2. The van der Waals surface area contributed by atoms with Crippen LogP contribution in [-0.4, -0.2) is 6.04 Å². The summed E-state index contributed by atoms with van der Waals surface area (Å²) in [6.45, 7) is 2.38. The molecule has 0 saturated carbocycles. The van der Waals surface area contributed by atoms with Crippen LogP contribution in [0.4, 0.5) is 8.78 Å². The van der Waals surface area contributed by atoms with Crippen molar-refractivity contribution in [3.05, 3.63) is 57.8 Å². The maximum absolute atomic E-state index is 13.4. The van der Waals surface area contributed by atoms with E-state index in [1.807, 2.05) is 12.3 Å². The van der Waals surface area contributed by atoms with Gasteiger partial charge in [0.2, 0.25) is 0 Å². The highest BCUT2D eigenvalue weighted by Crippen LogP contribution is 2.12. The second-order valence-electron chi connectivity index (χ2n) is 4.33. The van der Waals surface area contributed by atoms with E-state index in [0.29, 0.717) is 12.1 Å². The van der Waals surface area contributed by atoms with Crippen molar-refractivity contribution in [2.24, 2.45) is 0 Å². The van der Waals surface area contributed by atoms with Crippen LogP contribution in [0, 0.1) is 11.6 Å². The zero-order chi connectivity index (χ0) is 13.0. The maximum atomic E-state index is 13.4. The number of rotatable bonds is 5. The first-order valence-corrected chi connectivity index (χ1v) is 6.78. The van der Waals surface area contributed by atoms with Crippen LogP contribution in [0.3, 0.4) is 0 Å². The monoisotopic (exact) mass is 267 g/mol. The molecule has 0 spiro atoms. The molecule has 96 valence electrons. The van der Waals surface area contributed by atoms with Crippen molar-refractivity contribution in [3.8, 4) is 0 Å². The molecule has 1 aromatic heterocycles. The third kappa shape index (κ3) is 3.37. The van der Waals surface area contributed by atoms with Gasteiger partial charge in [0.25, 0.3) is 0 Å². The lowest BCUT2D eigenvalue weighted by Crippen LogP contribution is -2.27. The Bertz CT molecular complexity index is 497. The van der Waals surface area contributed by atoms with Crippen LogP contribution in [-0.2, 0) is 13.0 Å². The normalized spacial score (nSPS) is 12.6. The maximum Gasteiger partial charge on any atom is 0.163 e. The van der Waals surface area contributed by atoms with E-state index in [0.717, 1.165) is 12.5 Å². The Balaban J connectivity index is 1.89. The van der Waals surface area contributed by atoms with Crippen LogP contribution in [0.5, 0.6) is 0 Å². The number of thiophene rings is 1. The molecule has 0 aliphatic heterocycles. The largest absolute Gasteiger partial charge is 0.310 e. The molecule has 1 unspecified atom stereocenters. The quantitative estimate of drug-likeness (QED) is 0.870. The smallest absolute Gasteiger partial charge is 0.163 e. The summed E-state index contributed by atoms with van der Waals surface area (Å²) in [5.74, 6) is -1.55. The molecule has 0 saturated heterocycles. The minimum atomic E-state index is -0.792. The standard InChI is InChI=1S/C14H15F2NS/c1-10(7-11-5-6-18-9-11)17-8-12-3-2-4-13(15)14(12)16/h2-6,9-10,17H,7-8H2,1H3. The average Bonchev–Trinajstić information content (AvgIpc) is 2.84. The van der Waals surface area contributed by atoms with E-state index in [1.54, 1.807) is 17.4 Å². The van der Waals surface area contributed by atoms with E-state index in [9.17, 15) is 8.78 Å². The van der Waals surface area contributed by atoms with Crippen LogP contribution < -0.4 is 5.32 Å². The molecule has 0 bridgehead atoms. The van der Waals surface area contributed by atoms with Crippen molar-refractivity contribution in [2.45, 2.75) is 25.9 Å². The van der Waals surface area contributed by atoms with Gasteiger partial charge < -0.3 is 5.32 Å². The topological polar surface area (TPSA) is 12.0 Å². The Labute approximate surface area is 109 Å². The first-order valence-electron chi connectivity index (χ1n) is 5.84. The van der Waals surface area contributed by atoms with Crippen molar-refractivity contribution in [1.29, 1.82) is 0 Å². The van der Waals surface area contributed by atoms with Gasteiger partial charge in [0.05, 0.1) is 0 Å². The van der Waals surface area contributed by atoms with Crippen molar-refractivity contribution in [3.63, 3.8) is 0 Å². The molecule has 2 rings (SSSR count). The fourth-order valence-electron chi connectivity index (χ4n) is 1.80. The van der Waals surface area contributed by atoms with Gasteiger partial charge >= 0.3 is 0 Å². The number of nitrogens with one attached hydrogen (secondary N) is 1. The van der Waals surface area contributed by atoms with E-state index in [-0.39, 0.29) is 6.04 Å². The summed E-state index contributed by atoms with van der Waals surface area (Å²) < 4.78 is 26.4. The molecule has 2 aromatic rings. The Hall–Kier alpha value is -1.26. The summed E-state index contributed by atoms with van der Waals surface area (Å²) >= 11 is 1.66. The Morgan fingerprint density at radius 2 is 2.11 bits per heavy atom. The van der Waals surface area contributed by atoms with E-state index < -0.39 is 11.6 Å². The van der Waals surface area contributed by atoms with Gasteiger partial charge in [0.1, 0.15) is 0 Å². The second-order valence-corrected chi connectivity index (χ2v) is 5.11. The number of benzene rings is 1. The molecule has 1 heterocycles. The highest BCUT2D eigenvalue weighted by atomic mass is 32.1. The summed E-state index contributed by atoms with van der Waals surface area (Å²) in [6.07, 6.45) is 0.889. The van der Waals surface area contributed by atoms with Crippen molar-refractivity contribution >= 4 is 11.3 Å². The minimum Gasteiger partial charge on any atom is -0.310 e. The van der Waals surface area contributed by atoms with Crippen molar-refractivity contribution in [2.75, 3.05) is 0 Å². The van der Waals surface area contributed by atoms with Gasteiger partial charge in [-0.05, 0) is 41.8 Å².